The monoisotopic (exact) mass is 398 g/mol. The first kappa shape index (κ1) is 19.6. The van der Waals surface area contributed by atoms with E-state index in [1.54, 1.807) is 11.5 Å². The van der Waals surface area contributed by atoms with Crippen LogP contribution in [0.2, 0.25) is 0 Å². The van der Waals surface area contributed by atoms with Crippen LogP contribution in [0.1, 0.15) is 24.2 Å². The van der Waals surface area contributed by atoms with E-state index in [9.17, 15) is 4.79 Å². The number of pyridine rings is 1. The normalized spacial score (nSPS) is 10.9. The average Bonchev–Trinajstić information content (AvgIpc) is 2.78. The summed E-state index contributed by atoms with van der Waals surface area (Å²) < 4.78 is 5.70. The van der Waals surface area contributed by atoms with Crippen molar-refractivity contribution in [2.24, 2.45) is 0 Å². The second kappa shape index (κ2) is 8.35. The molecule has 0 bridgehead atoms. The number of hydroxylamine groups is 1. The first-order valence-electron chi connectivity index (χ1n) is 9.77. The van der Waals surface area contributed by atoms with E-state index in [4.69, 9.17) is 9.94 Å². The number of benzene rings is 3. The third kappa shape index (κ3) is 4.02. The van der Waals surface area contributed by atoms with E-state index in [0.29, 0.717) is 22.2 Å². The van der Waals surface area contributed by atoms with Gasteiger partial charge in [0.05, 0.1) is 22.9 Å². The summed E-state index contributed by atoms with van der Waals surface area (Å²) in [6.45, 7) is 4.01. The Morgan fingerprint density at radius 3 is 2.13 bits per heavy atom. The fraction of sp³-hybridized carbons (Fsp3) is 0.120. The zero-order valence-corrected chi connectivity index (χ0v) is 16.8. The van der Waals surface area contributed by atoms with E-state index in [1.807, 2.05) is 86.6 Å². The zero-order valence-electron chi connectivity index (χ0n) is 16.8. The standard InChI is InChI=1S/C25H22N2O3/c1-16(2)30-20-13-11-18(12-14-20)17-7-9-19(10-8-17)24-15-22(25(28)27-29)21-5-3-4-6-23(21)26-24/h3-16,29H,1-2H3,(H,27,28). The van der Waals surface area contributed by atoms with E-state index in [0.717, 1.165) is 22.4 Å². The molecule has 1 amide bonds. The molecule has 5 nitrogen and oxygen atoms in total. The number of fused-ring (bicyclic) bond motifs is 1. The van der Waals surface area contributed by atoms with Gasteiger partial charge in [-0.2, -0.15) is 0 Å². The molecular formula is C25H22N2O3. The largest absolute Gasteiger partial charge is 0.491 e. The van der Waals surface area contributed by atoms with Crippen LogP contribution >= 0.6 is 0 Å². The summed E-state index contributed by atoms with van der Waals surface area (Å²) in [4.78, 5) is 16.8. The van der Waals surface area contributed by atoms with Crippen LogP contribution in [-0.4, -0.2) is 22.2 Å². The quantitative estimate of drug-likeness (QED) is 0.345. The number of para-hydroxylation sites is 1. The Morgan fingerprint density at radius 2 is 1.50 bits per heavy atom. The SMILES string of the molecule is CC(C)Oc1ccc(-c2ccc(-c3cc(C(=O)NO)c4ccccc4n3)cc2)cc1. The number of carbonyl (C=O) groups excluding carboxylic acids is 1. The van der Waals surface area contributed by atoms with Gasteiger partial charge in [0.15, 0.2) is 0 Å². The number of amides is 1. The van der Waals surface area contributed by atoms with Crippen LogP contribution < -0.4 is 10.2 Å². The molecule has 0 aliphatic rings. The van der Waals surface area contributed by atoms with E-state index < -0.39 is 5.91 Å². The molecule has 4 aromatic rings. The van der Waals surface area contributed by atoms with Crippen LogP contribution in [0.15, 0.2) is 78.9 Å². The molecule has 3 aromatic carbocycles. The molecule has 0 fully saturated rings. The number of hydrogen-bond donors (Lipinski definition) is 2. The highest BCUT2D eigenvalue weighted by Gasteiger charge is 2.13. The number of nitrogens with one attached hydrogen (secondary N) is 1. The minimum absolute atomic E-state index is 0.141. The molecule has 0 radical (unpaired) electrons. The van der Waals surface area contributed by atoms with Crippen molar-refractivity contribution in [3.63, 3.8) is 0 Å². The molecule has 30 heavy (non-hydrogen) atoms. The lowest BCUT2D eigenvalue weighted by Crippen LogP contribution is -2.19. The number of aromatic nitrogens is 1. The van der Waals surface area contributed by atoms with Crippen molar-refractivity contribution in [2.75, 3.05) is 0 Å². The molecular weight excluding hydrogens is 376 g/mol. The Bertz CT molecular complexity index is 1180. The molecule has 0 saturated heterocycles. The molecule has 1 aromatic heterocycles. The molecule has 0 spiro atoms. The van der Waals surface area contributed by atoms with Gasteiger partial charge in [-0.05, 0) is 49.2 Å². The van der Waals surface area contributed by atoms with E-state index in [2.05, 4.69) is 4.98 Å². The Labute approximate surface area is 174 Å². The lowest BCUT2D eigenvalue weighted by atomic mass is 10.0. The highest BCUT2D eigenvalue weighted by molar-refractivity contribution is 6.06. The maximum Gasteiger partial charge on any atom is 0.275 e. The second-order valence-corrected chi connectivity index (χ2v) is 7.28. The van der Waals surface area contributed by atoms with Gasteiger partial charge in [-0.3, -0.25) is 10.0 Å². The maximum atomic E-state index is 12.1. The van der Waals surface area contributed by atoms with Gasteiger partial charge in [-0.15, -0.1) is 0 Å². The van der Waals surface area contributed by atoms with Crippen molar-refractivity contribution in [2.45, 2.75) is 20.0 Å². The third-order valence-corrected chi connectivity index (χ3v) is 4.80. The van der Waals surface area contributed by atoms with Crippen molar-refractivity contribution < 1.29 is 14.7 Å². The van der Waals surface area contributed by atoms with Crippen LogP contribution in [0.25, 0.3) is 33.3 Å². The van der Waals surface area contributed by atoms with Gasteiger partial charge in [0.2, 0.25) is 0 Å². The smallest absolute Gasteiger partial charge is 0.275 e. The Kier molecular flexibility index (Phi) is 5.46. The number of nitrogens with zero attached hydrogens (tertiary/aromatic N) is 1. The van der Waals surface area contributed by atoms with Gasteiger partial charge in [-0.25, -0.2) is 10.5 Å². The summed E-state index contributed by atoms with van der Waals surface area (Å²) in [7, 11) is 0. The highest BCUT2D eigenvalue weighted by Crippen LogP contribution is 2.28. The van der Waals surface area contributed by atoms with Crippen molar-refractivity contribution in [1.29, 1.82) is 0 Å². The fourth-order valence-electron chi connectivity index (χ4n) is 3.40. The number of rotatable bonds is 5. The van der Waals surface area contributed by atoms with Crippen LogP contribution in [0, 0.1) is 0 Å². The first-order valence-corrected chi connectivity index (χ1v) is 9.77. The summed E-state index contributed by atoms with van der Waals surface area (Å²) >= 11 is 0. The van der Waals surface area contributed by atoms with Crippen molar-refractivity contribution >= 4 is 16.8 Å². The first-order chi connectivity index (χ1) is 14.5. The number of ether oxygens (including phenoxy) is 1. The van der Waals surface area contributed by atoms with Gasteiger partial charge in [-0.1, -0.05) is 54.6 Å². The molecule has 0 aliphatic carbocycles. The molecule has 0 atom stereocenters. The fourth-order valence-corrected chi connectivity index (χ4v) is 3.40. The van der Waals surface area contributed by atoms with Crippen LogP contribution in [0.5, 0.6) is 5.75 Å². The van der Waals surface area contributed by atoms with Crippen LogP contribution in [0.4, 0.5) is 0 Å². The molecule has 0 unspecified atom stereocenters. The Morgan fingerprint density at radius 1 is 0.900 bits per heavy atom. The van der Waals surface area contributed by atoms with Crippen LogP contribution in [-0.2, 0) is 0 Å². The minimum atomic E-state index is -0.560. The molecule has 5 heteroatoms. The van der Waals surface area contributed by atoms with Gasteiger partial charge in [0.25, 0.3) is 5.91 Å². The summed E-state index contributed by atoms with van der Waals surface area (Å²) in [5.74, 6) is 0.288. The van der Waals surface area contributed by atoms with Gasteiger partial charge >= 0.3 is 0 Å². The summed E-state index contributed by atoms with van der Waals surface area (Å²) in [6.07, 6.45) is 0.141. The Balaban J connectivity index is 1.67. The summed E-state index contributed by atoms with van der Waals surface area (Å²) in [5, 5.41) is 9.80. The van der Waals surface area contributed by atoms with Crippen molar-refractivity contribution in [3.05, 3.63) is 84.4 Å². The average molecular weight is 398 g/mol. The van der Waals surface area contributed by atoms with E-state index >= 15 is 0 Å². The minimum Gasteiger partial charge on any atom is -0.491 e. The lowest BCUT2D eigenvalue weighted by Gasteiger charge is -2.11. The predicted molar refractivity (Wildman–Crippen MR) is 118 cm³/mol. The van der Waals surface area contributed by atoms with Crippen molar-refractivity contribution in [1.82, 2.24) is 10.5 Å². The second-order valence-electron chi connectivity index (χ2n) is 7.28. The molecule has 0 saturated carbocycles. The number of carbonyl (C=O) groups is 1. The lowest BCUT2D eigenvalue weighted by molar-refractivity contribution is 0.0708. The summed E-state index contributed by atoms with van der Waals surface area (Å²) in [5.41, 5.74) is 6.50. The zero-order chi connectivity index (χ0) is 21.1. The van der Waals surface area contributed by atoms with E-state index in [1.165, 1.54) is 0 Å². The predicted octanol–water partition coefficient (Wildman–Crippen LogP) is 5.48. The third-order valence-electron chi connectivity index (χ3n) is 4.80. The number of hydrogen-bond acceptors (Lipinski definition) is 4. The van der Waals surface area contributed by atoms with Gasteiger partial charge in [0.1, 0.15) is 5.75 Å². The van der Waals surface area contributed by atoms with Crippen molar-refractivity contribution in [3.8, 4) is 28.1 Å². The van der Waals surface area contributed by atoms with E-state index in [-0.39, 0.29) is 6.10 Å². The molecule has 0 aliphatic heterocycles. The van der Waals surface area contributed by atoms with Gasteiger partial charge in [0, 0.05) is 10.9 Å². The summed E-state index contributed by atoms with van der Waals surface area (Å²) in [6, 6.07) is 25.1. The molecule has 150 valence electrons. The molecule has 1 heterocycles. The van der Waals surface area contributed by atoms with Gasteiger partial charge < -0.3 is 4.74 Å². The van der Waals surface area contributed by atoms with Crippen LogP contribution in [0.3, 0.4) is 0 Å². The molecule has 4 rings (SSSR count). The maximum absolute atomic E-state index is 12.1. The topological polar surface area (TPSA) is 71.5 Å². The molecule has 2 N–H and O–H groups in total. The Hall–Kier alpha value is -3.70. The highest BCUT2D eigenvalue weighted by atomic mass is 16.5.